The first-order valence-corrected chi connectivity index (χ1v) is 16.9. The molecule has 4 aliphatic carbocycles. The fourth-order valence-corrected chi connectivity index (χ4v) is 11.8. The van der Waals surface area contributed by atoms with Crippen LogP contribution in [0.3, 0.4) is 0 Å². The highest BCUT2D eigenvalue weighted by Gasteiger charge is 2.70. The third-order valence-corrected chi connectivity index (χ3v) is 14.2. The quantitative estimate of drug-likeness (QED) is 0.260. The maximum Gasteiger partial charge on any atom is 0.186 e. The molecule has 10 heteroatoms. The number of hydrogen-bond acceptors (Lipinski definition) is 10. The zero-order valence-corrected chi connectivity index (χ0v) is 26.2. The van der Waals surface area contributed by atoms with Gasteiger partial charge in [-0.15, -0.1) is 0 Å². The van der Waals surface area contributed by atoms with E-state index in [2.05, 4.69) is 20.8 Å². The number of rotatable bonds is 3. The molecule has 7 aliphatic rings. The van der Waals surface area contributed by atoms with Crippen molar-refractivity contribution >= 4 is 0 Å². The predicted octanol–water partition coefficient (Wildman–Crippen LogP) is 1.70. The predicted molar refractivity (Wildman–Crippen MR) is 153 cm³/mol. The Morgan fingerprint density at radius 1 is 0.860 bits per heavy atom. The Balaban J connectivity index is 1.05. The molecular formula is C33H54O10. The Bertz CT molecular complexity index is 1040. The van der Waals surface area contributed by atoms with Gasteiger partial charge in [-0.25, -0.2) is 0 Å². The third-order valence-electron chi connectivity index (χ3n) is 14.2. The summed E-state index contributed by atoms with van der Waals surface area (Å²) >= 11 is 0. The van der Waals surface area contributed by atoms with Crippen LogP contribution in [0, 0.1) is 46.3 Å². The topological polar surface area (TPSA) is 158 Å². The van der Waals surface area contributed by atoms with Gasteiger partial charge in [0, 0.05) is 18.8 Å². The molecule has 10 nitrogen and oxygen atoms in total. The van der Waals surface area contributed by atoms with Gasteiger partial charge in [-0.2, -0.15) is 0 Å². The molecule has 0 aromatic heterocycles. The highest BCUT2D eigenvalue weighted by atomic mass is 16.7. The molecule has 0 aromatic carbocycles. The Labute approximate surface area is 255 Å². The zero-order valence-electron chi connectivity index (χ0n) is 26.2. The molecule has 4 saturated carbocycles. The van der Waals surface area contributed by atoms with Crippen LogP contribution in [0.4, 0.5) is 0 Å². The molecule has 7 rings (SSSR count). The van der Waals surface area contributed by atoms with Gasteiger partial charge in [0.25, 0.3) is 0 Å². The van der Waals surface area contributed by atoms with Gasteiger partial charge in [-0.3, -0.25) is 0 Å². The van der Waals surface area contributed by atoms with Gasteiger partial charge in [0.1, 0.15) is 24.4 Å². The second kappa shape index (κ2) is 10.6. The van der Waals surface area contributed by atoms with Crippen molar-refractivity contribution < 1.29 is 49.6 Å². The van der Waals surface area contributed by atoms with E-state index in [0.29, 0.717) is 43.1 Å². The summed E-state index contributed by atoms with van der Waals surface area (Å²) in [6, 6.07) is 0. The molecule has 3 aliphatic heterocycles. The van der Waals surface area contributed by atoms with Crippen LogP contribution in [0.15, 0.2) is 0 Å². The zero-order chi connectivity index (χ0) is 30.7. The van der Waals surface area contributed by atoms with Crippen LogP contribution in [-0.4, -0.2) is 104 Å². The minimum absolute atomic E-state index is 0.162. The average molecular weight is 611 g/mol. The molecule has 1 spiro atoms. The molecule has 0 radical (unpaired) electrons. The monoisotopic (exact) mass is 610 g/mol. The van der Waals surface area contributed by atoms with Crippen LogP contribution in [0.5, 0.6) is 0 Å². The van der Waals surface area contributed by atoms with Gasteiger partial charge < -0.3 is 49.6 Å². The lowest BCUT2D eigenvalue weighted by Crippen LogP contribution is -2.62. The van der Waals surface area contributed by atoms with Crippen molar-refractivity contribution in [1.82, 2.24) is 0 Å². The molecule has 246 valence electrons. The molecule has 4 unspecified atom stereocenters. The Morgan fingerprint density at radius 3 is 2.33 bits per heavy atom. The Hall–Kier alpha value is -0.400. The van der Waals surface area contributed by atoms with Crippen molar-refractivity contribution in [2.75, 3.05) is 13.2 Å². The molecule has 0 aromatic rings. The summed E-state index contributed by atoms with van der Waals surface area (Å²) < 4.78 is 25.0. The van der Waals surface area contributed by atoms with Gasteiger partial charge in [0.15, 0.2) is 12.1 Å². The van der Waals surface area contributed by atoms with E-state index in [1.165, 1.54) is 0 Å². The van der Waals surface area contributed by atoms with Crippen molar-refractivity contribution in [3.63, 3.8) is 0 Å². The summed E-state index contributed by atoms with van der Waals surface area (Å²) in [5.74, 6) is 1.87. The van der Waals surface area contributed by atoms with E-state index in [9.17, 15) is 30.6 Å². The summed E-state index contributed by atoms with van der Waals surface area (Å²) in [5, 5.41) is 62.8. The van der Waals surface area contributed by atoms with E-state index in [4.69, 9.17) is 18.9 Å². The van der Waals surface area contributed by atoms with E-state index in [-0.39, 0.29) is 34.9 Å². The van der Waals surface area contributed by atoms with Crippen LogP contribution >= 0.6 is 0 Å². The smallest absolute Gasteiger partial charge is 0.186 e. The number of fused-ring (bicyclic) bond motifs is 7. The van der Waals surface area contributed by atoms with E-state index >= 15 is 0 Å². The lowest BCUT2D eigenvalue weighted by atomic mass is 9.43. The maximum absolute atomic E-state index is 11.8. The van der Waals surface area contributed by atoms with Gasteiger partial charge in [-0.1, -0.05) is 20.8 Å². The molecule has 3 saturated heterocycles. The summed E-state index contributed by atoms with van der Waals surface area (Å²) in [6.07, 6.45) is 0.658. The first-order chi connectivity index (χ1) is 20.2. The number of hydrogen-bond donors (Lipinski definition) is 6. The standard InChI is InChI=1S/C33H54O10/c1-16-25-22(43-33(16)10-9-30(2,39)15-40-33)13-21-19-6-5-17-11-18(41-29-28(38)27(37)26(36)23(14-34)42-29)12-24(35)32(17,4)20(19)7-8-31(21,25)3/h16-29,34-39H,5-15H2,1-4H3/t16-,17?,18?,19+,20-,21-,22-,23+,24?,25-,26+,27-,28+,29+,30?,31-,32-,33+/m0/s1. The van der Waals surface area contributed by atoms with Gasteiger partial charge in [0.05, 0.1) is 37.1 Å². The highest BCUT2D eigenvalue weighted by molar-refractivity contribution is 5.16. The average Bonchev–Trinajstić information content (AvgIpc) is 3.41. The molecule has 0 amide bonds. The molecule has 0 bridgehead atoms. The summed E-state index contributed by atoms with van der Waals surface area (Å²) in [4.78, 5) is 0. The van der Waals surface area contributed by atoms with Gasteiger partial charge >= 0.3 is 0 Å². The molecule has 3 heterocycles. The summed E-state index contributed by atoms with van der Waals surface area (Å²) in [5.41, 5.74) is -0.858. The fraction of sp³-hybridized carbons (Fsp3) is 1.00. The number of aliphatic hydroxyl groups excluding tert-OH is 5. The summed E-state index contributed by atoms with van der Waals surface area (Å²) in [6.45, 7) is 8.76. The van der Waals surface area contributed by atoms with Crippen molar-refractivity contribution in [1.29, 1.82) is 0 Å². The maximum atomic E-state index is 11.8. The van der Waals surface area contributed by atoms with E-state index in [1.807, 2.05) is 6.92 Å². The SMILES string of the molecule is C[C@H]1[C@H]2[C@H](C[C@H]3[C@@H]4CCC5CC(O[C@@H]6O[C@H](CO)[C@@H](O)[C@H](O)[C@H]6O)CC(O)[C@]5(C)[C@H]4CC[C@]23C)O[C@]12CCC(C)(O)CO2. The number of aliphatic hydroxyl groups is 6. The van der Waals surface area contributed by atoms with Crippen molar-refractivity contribution in [3.8, 4) is 0 Å². The Morgan fingerprint density at radius 2 is 1.63 bits per heavy atom. The van der Waals surface area contributed by atoms with Crippen molar-refractivity contribution in [2.45, 2.75) is 146 Å². The second-order valence-corrected chi connectivity index (χ2v) is 16.3. The van der Waals surface area contributed by atoms with E-state index < -0.39 is 54.8 Å². The van der Waals surface area contributed by atoms with Crippen LogP contribution in [-0.2, 0) is 18.9 Å². The number of ether oxygens (including phenoxy) is 4. The lowest BCUT2D eigenvalue weighted by molar-refractivity contribution is -0.320. The minimum Gasteiger partial charge on any atom is -0.394 e. The second-order valence-electron chi connectivity index (χ2n) is 16.3. The van der Waals surface area contributed by atoms with Crippen LogP contribution < -0.4 is 0 Å². The van der Waals surface area contributed by atoms with E-state index in [1.54, 1.807) is 0 Å². The molecule has 7 fully saturated rings. The third kappa shape index (κ3) is 4.56. The van der Waals surface area contributed by atoms with Crippen molar-refractivity contribution in [2.24, 2.45) is 46.3 Å². The van der Waals surface area contributed by atoms with Gasteiger partial charge in [-0.05, 0) is 92.3 Å². The molecule has 18 atom stereocenters. The first kappa shape index (κ1) is 31.2. The highest BCUT2D eigenvalue weighted by Crippen LogP contribution is 2.71. The van der Waals surface area contributed by atoms with Gasteiger partial charge in [0.2, 0.25) is 0 Å². The molecular weight excluding hydrogens is 556 g/mol. The Kier molecular flexibility index (Phi) is 7.66. The van der Waals surface area contributed by atoms with Crippen LogP contribution in [0.1, 0.15) is 85.5 Å². The largest absolute Gasteiger partial charge is 0.394 e. The molecule has 43 heavy (non-hydrogen) atoms. The summed E-state index contributed by atoms with van der Waals surface area (Å²) in [7, 11) is 0. The molecule has 6 N–H and O–H groups in total. The van der Waals surface area contributed by atoms with Crippen LogP contribution in [0.2, 0.25) is 0 Å². The minimum atomic E-state index is -1.48. The first-order valence-electron chi connectivity index (χ1n) is 16.9. The normalized spacial score (nSPS) is 61.5. The van der Waals surface area contributed by atoms with E-state index in [0.717, 1.165) is 44.9 Å². The van der Waals surface area contributed by atoms with Crippen LogP contribution in [0.25, 0.3) is 0 Å². The fourth-order valence-electron chi connectivity index (χ4n) is 11.8. The lowest BCUT2D eigenvalue weighted by Gasteiger charge is -2.62. The van der Waals surface area contributed by atoms with Crippen molar-refractivity contribution in [3.05, 3.63) is 0 Å².